The summed E-state index contributed by atoms with van der Waals surface area (Å²) in [6, 6.07) is 23.9. The molecule has 0 heterocycles. The van der Waals surface area contributed by atoms with Crippen molar-refractivity contribution in [3.63, 3.8) is 0 Å². The second kappa shape index (κ2) is 11.1. The minimum Gasteiger partial charge on any atom is -0.341 e. The first kappa shape index (κ1) is 23.7. The smallest absolute Gasteiger partial charge is 0.230 e. The second-order valence-electron chi connectivity index (χ2n) is 9.11. The van der Waals surface area contributed by atoms with Crippen molar-refractivity contribution in [2.24, 2.45) is 5.92 Å². The molecule has 0 radical (unpaired) electrons. The molecule has 4 rings (SSSR count). The van der Waals surface area contributed by atoms with Crippen molar-refractivity contribution in [3.05, 3.63) is 101 Å². The highest BCUT2D eigenvalue weighted by Gasteiger charge is 2.28. The normalized spacial score (nSPS) is 13.6. The summed E-state index contributed by atoms with van der Waals surface area (Å²) in [6.07, 6.45) is 4.22. The fourth-order valence-corrected chi connectivity index (χ4v) is 4.55. The topological polar surface area (TPSA) is 40.6 Å². The molecule has 4 nitrogen and oxygen atoms in total. The molecule has 3 aromatic carbocycles. The molecule has 34 heavy (non-hydrogen) atoms. The van der Waals surface area contributed by atoms with E-state index in [1.165, 1.54) is 12.1 Å². The van der Waals surface area contributed by atoms with Crippen LogP contribution in [-0.4, -0.2) is 23.8 Å². The Balaban J connectivity index is 1.51. The van der Waals surface area contributed by atoms with Crippen LogP contribution in [0.15, 0.2) is 78.9 Å². The van der Waals surface area contributed by atoms with Gasteiger partial charge in [-0.1, -0.05) is 67.4 Å². The first-order chi connectivity index (χ1) is 16.5. The van der Waals surface area contributed by atoms with E-state index in [9.17, 15) is 14.0 Å². The lowest BCUT2D eigenvalue weighted by molar-refractivity contribution is -0.129. The maximum Gasteiger partial charge on any atom is 0.230 e. The Bertz CT molecular complexity index is 1110. The van der Waals surface area contributed by atoms with Crippen molar-refractivity contribution < 1.29 is 14.0 Å². The predicted molar refractivity (Wildman–Crippen MR) is 133 cm³/mol. The molecule has 1 aliphatic rings. The van der Waals surface area contributed by atoms with Crippen LogP contribution in [0.25, 0.3) is 0 Å². The molecule has 2 amide bonds. The number of benzene rings is 3. The summed E-state index contributed by atoms with van der Waals surface area (Å²) in [7, 11) is 1.81. The summed E-state index contributed by atoms with van der Waals surface area (Å²) in [5.41, 5.74) is 3.60. The summed E-state index contributed by atoms with van der Waals surface area (Å²) in [4.78, 5) is 29.8. The van der Waals surface area contributed by atoms with E-state index in [4.69, 9.17) is 0 Å². The number of carbonyl (C=O) groups excluding carboxylic acids is 2. The molecule has 3 aromatic rings. The maximum atomic E-state index is 13.4. The minimum absolute atomic E-state index is 0.0164. The average Bonchev–Trinajstić information content (AvgIpc) is 3.39. The van der Waals surface area contributed by atoms with Gasteiger partial charge in [0.25, 0.3) is 0 Å². The summed E-state index contributed by atoms with van der Waals surface area (Å²) in [5, 5.41) is 0. The molecule has 0 atom stereocenters. The summed E-state index contributed by atoms with van der Waals surface area (Å²) < 4.78 is 13.4. The largest absolute Gasteiger partial charge is 0.341 e. The molecule has 176 valence electrons. The van der Waals surface area contributed by atoms with Crippen LogP contribution in [0.1, 0.15) is 42.4 Å². The number of rotatable bonds is 8. The van der Waals surface area contributed by atoms with Gasteiger partial charge in [0.15, 0.2) is 0 Å². The Labute approximate surface area is 201 Å². The van der Waals surface area contributed by atoms with E-state index in [0.29, 0.717) is 13.1 Å². The standard InChI is InChI=1S/C29H31FN2O2/c1-31(20-22-8-3-2-4-9-22)28(33)19-24-10-7-13-27(18-24)32(29(34)25-11-5-6-12-25)21-23-14-16-26(30)17-15-23/h2-4,7-10,13-18,25H,5-6,11-12,19-21H2,1H3. The van der Waals surface area contributed by atoms with Gasteiger partial charge >= 0.3 is 0 Å². The molecule has 0 aromatic heterocycles. The number of carbonyl (C=O) groups is 2. The van der Waals surface area contributed by atoms with Crippen molar-refractivity contribution in [1.82, 2.24) is 4.90 Å². The number of anilines is 1. The monoisotopic (exact) mass is 458 g/mol. The molecule has 1 fully saturated rings. The number of hydrogen-bond donors (Lipinski definition) is 0. The Morgan fingerprint density at radius 1 is 0.824 bits per heavy atom. The lowest BCUT2D eigenvalue weighted by atomic mass is 10.0. The van der Waals surface area contributed by atoms with Crippen LogP contribution in [0.3, 0.4) is 0 Å². The van der Waals surface area contributed by atoms with Gasteiger partial charge in [-0.05, 0) is 53.8 Å². The van der Waals surface area contributed by atoms with Gasteiger partial charge in [0.1, 0.15) is 5.82 Å². The van der Waals surface area contributed by atoms with Crippen molar-refractivity contribution in [2.45, 2.75) is 45.2 Å². The van der Waals surface area contributed by atoms with Crippen LogP contribution < -0.4 is 4.90 Å². The number of nitrogens with zero attached hydrogens (tertiary/aromatic N) is 2. The maximum absolute atomic E-state index is 13.4. The third-order valence-corrected chi connectivity index (χ3v) is 6.49. The fourth-order valence-electron chi connectivity index (χ4n) is 4.55. The van der Waals surface area contributed by atoms with Gasteiger partial charge in [0.05, 0.1) is 13.0 Å². The lowest BCUT2D eigenvalue weighted by Crippen LogP contribution is -2.35. The fraction of sp³-hybridized carbons (Fsp3) is 0.310. The van der Waals surface area contributed by atoms with Crippen molar-refractivity contribution >= 4 is 17.5 Å². The Morgan fingerprint density at radius 2 is 1.47 bits per heavy atom. The lowest BCUT2D eigenvalue weighted by Gasteiger charge is -2.26. The van der Waals surface area contributed by atoms with Gasteiger partial charge in [0, 0.05) is 25.2 Å². The van der Waals surface area contributed by atoms with Crippen molar-refractivity contribution in [3.8, 4) is 0 Å². The Hall–Kier alpha value is -3.47. The van der Waals surface area contributed by atoms with Gasteiger partial charge in [-0.2, -0.15) is 0 Å². The predicted octanol–water partition coefficient (Wildman–Crippen LogP) is 5.75. The van der Waals surface area contributed by atoms with E-state index in [-0.39, 0.29) is 30.0 Å². The second-order valence-corrected chi connectivity index (χ2v) is 9.11. The highest BCUT2D eigenvalue weighted by Crippen LogP contribution is 2.30. The zero-order valence-electron chi connectivity index (χ0n) is 19.6. The molecule has 0 unspecified atom stereocenters. The van der Waals surface area contributed by atoms with E-state index < -0.39 is 0 Å². The summed E-state index contributed by atoms with van der Waals surface area (Å²) >= 11 is 0. The number of amides is 2. The molecule has 0 aliphatic heterocycles. The molecule has 1 saturated carbocycles. The molecule has 5 heteroatoms. The summed E-state index contributed by atoms with van der Waals surface area (Å²) in [6.45, 7) is 0.928. The minimum atomic E-state index is -0.294. The van der Waals surface area contributed by atoms with E-state index in [1.54, 1.807) is 21.9 Å². The Morgan fingerprint density at radius 3 is 2.18 bits per heavy atom. The number of halogens is 1. The van der Waals surface area contributed by atoms with E-state index >= 15 is 0 Å². The van der Waals surface area contributed by atoms with E-state index in [2.05, 4.69) is 0 Å². The first-order valence-electron chi connectivity index (χ1n) is 11.9. The van der Waals surface area contributed by atoms with Gasteiger partial charge in [-0.3, -0.25) is 9.59 Å². The third-order valence-electron chi connectivity index (χ3n) is 6.49. The number of hydrogen-bond acceptors (Lipinski definition) is 2. The SMILES string of the molecule is CN(Cc1ccccc1)C(=O)Cc1cccc(N(Cc2ccc(F)cc2)C(=O)C2CCCC2)c1. The van der Waals surface area contributed by atoms with Crippen LogP contribution in [0, 0.1) is 11.7 Å². The van der Waals surface area contributed by atoms with Crippen LogP contribution >= 0.6 is 0 Å². The third kappa shape index (κ3) is 6.10. The molecule has 0 N–H and O–H groups in total. The zero-order chi connectivity index (χ0) is 23.9. The quantitative estimate of drug-likeness (QED) is 0.431. The van der Waals surface area contributed by atoms with Gasteiger partial charge in [-0.25, -0.2) is 4.39 Å². The van der Waals surface area contributed by atoms with Crippen LogP contribution in [0.5, 0.6) is 0 Å². The van der Waals surface area contributed by atoms with Gasteiger partial charge in [-0.15, -0.1) is 0 Å². The summed E-state index contributed by atoms with van der Waals surface area (Å²) in [5.74, 6) is -0.153. The van der Waals surface area contributed by atoms with Gasteiger partial charge < -0.3 is 9.80 Å². The molecule has 0 saturated heterocycles. The molecular formula is C29H31FN2O2. The first-order valence-corrected chi connectivity index (χ1v) is 11.9. The van der Waals surface area contributed by atoms with E-state index in [1.807, 2.05) is 61.6 Å². The number of likely N-dealkylation sites (N-methyl/N-ethyl adjacent to an activating group) is 1. The highest BCUT2D eigenvalue weighted by molar-refractivity contribution is 5.95. The molecule has 0 spiro atoms. The average molecular weight is 459 g/mol. The van der Waals surface area contributed by atoms with Crippen molar-refractivity contribution in [1.29, 1.82) is 0 Å². The van der Waals surface area contributed by atoms with Crippen LogP contribution in [0.2, 0.25) is 0 Å². The molecule has 0 bridgehead atoms. The van der Waals surface area contributed by atoms with Gasteiger partial charge in [0.2, 0.25) is 11.8 Å². The van der Waals surface area contributed by atoms with Crippen LogP contribution in [0.4, 0.5) is 10.1 Å². The van der Waals surface area contributed by atoms with E-state index in [0.717, 1.165) is 48.1 Å². The highest BCUT2D eigenvalue weighted by atomic mass is 19.1. The molecular weight excluding hydrogens is 427 g/mol. The molecule has 1 aliphatic carbocycles. The Kier molecular flexibility index (Phi) is 7.73. The van der Waals surface area contributed by atoms with Crippen LogP contribution in [-0.2, 0) is 29.1 Å². The zero-order valence-corrected chi connectivity index (χ0v) is 19.6. The van der Waals surface area contributed by atoms with Crippen molar-refractivity contribution in [2.75, 3.05) is 11.9 Å².